The van der Waals surface area contributed by atoms with Gasteiger partial charge in [0.25, 0.3) is 5.91 Å². The number of hydrogen-bond acceptors (Lipinski definition) is 5. The molecule has 1 N–H and O–H groups in total. The Morgan fingerprint density at radius 2 is 2.00 bits per heavy atom. The quantitative estimate of drug-likeness (QED) is 0.498. The van der Waals surface area contributed by atoms with Gasteiger partial charge in [0.05, 0.1) is 12.2 Å². The van der Waals surface area contributed by atoms with Crippen LogP contribution < -0.4 is 4.74 Å². The van der Waals surface area contributed by atoms with Crippen molar-refractivity contribution in [2.24, 2.45) is 5.92 Å². The number of rotatable bonds is 6. The van der Waals surface area contributed by atoms with Gasteiger partial charge in [-0.15, -0.1) is 11.3 Å². The number of nitrogens with zero attached hydrogens (tertiary/aromatic N) is 2. The van der Waals surface area contributed by atoms with Crippen molar-refractivity contribution in [3.63, 3.8) is 0 Å². The van der Waals surface area contributed by atoms with Crippen LogP contribution in [0.5, 0.6) is 11.5 Å². The Balaban J connectivity index is 1.67. The van der Waals surface area contributed by atoms with Crippen molar-refractivity contribution < 1.29 is 28.2 Å². The van der Waals surface area contributed by atoms with Gasteiger partial charge in [-0.2, -0.15) is 0 Å². The van der Waals surface area contributed by atoms with Crippen LogP contribution in [-0.4, -0.2) is 33.4 Å². The van der Waals surface area contributed by atoms with Gasteiger partial charge in [0.15, 0.2) is 11.6 Å². The zero-order valence-corrected chi connectivity index (χ0v) is 18.9. The van der Waals surface area contributed by atoms with Crippen molar-refractivity contribution >= 4 is 23.2 Å². The first-order valence-electron chi connectivity index (χ1n) is 10.5. The summed E-state index contributed by atoms with van der Waals surface area (Å²) in [7, 11) is 0. The Hall–Kier alpha value is -3.33. The van der Waals surface area contributed by atoms with Gasteiger partial charge in [0.1, 0.15) is 21.5 Å². The lowest BCUT2D eigenvalue weighted by Crippen LogP contribution is -2.37. The van der Waals surface area contributed by atoms with E-state index >= 15 is 0 Å². The fourth-order valence-corrected chi connectivity index (χ4v) is 5.03. The zero-order chi connectivity index (χ0) is 23.7. The standard InChI is InChI=1S/C24H22F2N2O4S/c1-13(2)21(22-27-12-20(33-22)24(30)31)28-9-3-4-14-5-7-16(11-17(14)23(28)29)32-19-8-6-15(25)10-18(19)26/h5-8,10-13,21H,3-4,9H2,1-2H3,(H,30,31)/t21-/m1/s1. The molecular weight excluding hydrogens is 450 g/mol. The number of carbonyl (C=O) groups is 2. The van der Waals surface area contributed by atoms with Crippen molar-refractivity contribution in [3.05, 3.63) is 75.2 Å². The first-order valence-corrected chi connectivity index (χ1v) is 11.3. The van der Waals surface area contributed by atoms with Crippen LogP contribution in [0.4, 0.5) is 8.78 Å². The lowest BCUT2D eigenvalue weighted by atomic mass is 10.0. The highest BCUT2D eigenvalue weighted by Gasteiger charge is 2.33. The van der Waals surface area contributed by atoms with Crippen LogP contribution >= 0.6 is 11.3 Å². The lowest BCUT2D eigenvalue weighted by molar-refractivity contribution is 0.0628. The molecule has 0 saturated carbocycles. The number of amides is 1. The maximum atomic E-state index is 14.0. The molecule has 2 aromatic carbocycles. The normalized spacial score (nSPS) is 14.7. The fourth-order valence-electron chi connectivity index (χ4n) is 3.98. The fraction of sp³-hybridized carbons (Fsp3) is 0.292. The average molecular weight is 473 g/mol. The third kappa shape index (κ3) is 4.73. The summed E-state index contributed by atoms with van der Waals surface area (Å²) in [5.41, 5.74) is 1.29. The summed E-state index contributed by atoms with van der Waals surface area (Å²) in [5, 5.41) is 9.84. The maximum Gasteiger partial charge on any atom is 0.347 e. The van der Waals surface area contributed by atoms with Crippen LogP contribution in [0, 0.1) is 17.6 Å². The molecule has 1 aromatic heterocycles. The van der Waals surface area contributed by atoms with Crippen LogP contribution in [0.25, 0.3) is 0 Å². The second kappa shape index (κ2) is 9.27. The highest BCUT2D eigenvalue weighted by atomic mass is 32.1. The summed E-state index contributed by atoms with van der Waals surface area (Å²) < 4.78 is 32.8. The minimum atomic E-state index is -1.05. The second-order valence-electron chi connectivity index (χ2n) is 8.15. The number of carboxylic acids is 1. The number of carbonyl (C=O) groups excluding carboxylic acids is 1. The number of aromatic carboxylic acids is 1. The summed E-state index contributed by atoms with van der Waals surface area (Å²) in [5.74, 6) is -2.70. The van der Waals surface area contributed by atoms with Crippen LogP contribution in [0.2, 0.25) is 0 Å². The smallest absolute Gasteiger partial charge is 0.347 e. The molecule has 1 aliphatic rings. The number of aryl methyl sites for hydroxylation is 1. The van der Waals surface area contributed by atoms with E-state index in [2.05, 4.69) is 4.98 Å². The molecule has 0 radical (unpaired) electrons. The predicted molar refractivity (Wildman–Crippen MR) is 119 cm³/mol. The Bertz CT molecular complexity index is 1210. The van der Waals surface area contributed by atoms with E-state index in [1.807, 2.05) is 13.8 Å². The lowest BCUT2D eigenvalue weighted by Gasteiger charge is -2.32. The SMILES string of the molecule is CC(C)[C@H](c1ncc(C(=O)O)s1)N1CCCc2ccc(Oc3ccc(F)cc3F)cc2C1=O. The summed E-state index contributed by atoms with van der Waals surface area (Å²) in [6.07, 6.45) is 2.72. The van der Waals surface area contributed by atoms with Gasteiger partial charge in [-0.1, -0.05) is 19.9 Å². The summed E-state index contributed by atoms with van der Waals surface area (Å²) in [6.45, 7) is 4.41. The third-order valence-electron chi connectivity index (χ3n) is 5.49. The molecule has 0 saturated heterocycles. The number of hydrogen-bond donors (Lipinski definition) is 1. The minimum Gasteiger partial charge on any atom is -0.477 e. The molecule has 4 rings (SSSR count). The van der Waals surface area contributed by atoms with Crippen molar-refractivity contribution in [2.45, 2.75) is 32.7 Å². The number of ether oxygens (including phenoxy) is 1. The van der Waals surface area contributed by atoms with E-state index in [1.54, 1.807) is 23.1 Å². The summed E-state index contributed by atoms with van der Waals surface area (Å²) in [4.78, 5) is 31.1. The molecule has 0 spiro atoms. The Kier molecular flexibility index (Phi) is 6.42. The van der Waals surface area contributed by atoms with Crippen molar-refractivity contribution in [1.82, 2.24) is 9.88 Å². The number of carboxylic acid groups (broad SMARTS) is 1. The van der Waals surface area contributed by atoms with E-state index in [4.69, 9.17) is 4.74 Å². The summed E-state index contributed by atoms with van der Waals surface area (Å²) in [6, 6.07) is 7.65. The molecule has 0 fully saturated rings. The maximum absolute atomic E-state index is 14.0. The van der Waals surface area contributed by atoms with Crippen molar-refractivity contribution in [3.8, 4) is 11.5 Å². The molecule has 1 atom stereocenters. The van der Waals surface area contributed by atoms with E-state index in [0.717, 1.165) is 35.5 Å². The van der Waals surface area contributed by atoms with Gasteiger partial charge in [-0.25, -0.2) is 18.6 Å². The van der Waals surface area contributed by atoms with Gasteiger partial charge >= 0.3 is 5.97 Å². The first-order chi connectivity index (χ1) is 15.7. The van der Waals surface area contributed by atoms with Crippen LogP contribution in [0.3, 0.4) is 0 Å². The molecule has 2 heterocycles. The number of benzene rings is 2. The first kappa shape index (κ1) is 22.8. The molecule has 172 valence electrons. The summed E-state index contributed by atoms with van der Waals surface area (Å²) >= 11 is 1.07. The number of halogens is 2. The molecule has 1 aliphatic heterocycles. The van der Waals surface area contributed by atoms with E-state index in [-0.39, 0.29) is 34.2 Å². The molecule has 9 heteroatoms. The van der Waals surface area contributed by atoms with Crippen molar-refractivity contribution in [1.29, 1.82) is 0 Å². The number of fused-ring (bicyclic) bond motifs is 1. The van der Waals surface area contributed by atoms with Gasteiger partial charge < -0.3 is 14.7 Å². The number of aromatic nitrogens is 1. The topological polar surface area (TPSA) is 79.7 Å². The van der Waals surface area contributed by atoms with E-state index in [0.29, 0.717) is 23.5 Å². The molecule has 1 amide bonds. The number of thiazole rings is 1. The van der Waals surface area contributed by atoms with Crippen molar-refractivity contribution in [2.75, 3.05) is 6.54 Å². The van der Waals surface area contributed by atoms with Gasteiger partial charge in [-0.05, 0) is 48.6 Å². The van der Waals surface area contributed by atoms with E-state index in [9.17, 15) is 23.5 Å². The molecular formula is C24H22F2N2O4S. The Labute approximate surface area is 193 Å². The van der Waals surface area contributed by atoms with E-state index < -0.39 is 17.6 Å². The average Bonchev–Trinajstić information content (AvgIpc) is 3.19. The minimum absolute atomic E-state index is 0.00367. The van der Waals surface area contributed by atoms with Gasteiger partial charge in [0.2, 0.25) is 0 Å². The van der Waals surface area contributed by atoms with Crippen LogP contribution in [0.15, 0.2) is 42.6 Å². The molecule has 0 unspecified atom stereocenters. The largest absolute Gasteiger partial charge is 0.477 e. The predicted octanol–water partition coefficient (Wildman–Crippen LogP) is 5.70. The molecule has 3 aromatic rings. The molecule has 33 heavy (non-hydrogen) atoms. The van der Waals surface area contributed by atoms with E-state index in [1.165, 1.54) is 12.3 Å². The van der Waals surface area contributed by atoms with Crippen LogP contribution in [-0.2, 0) is 6.42 Å². The highest BCUT2D eigenvalue weighted by molar-refractivity contribution is 7.13. The van der Waals surface area contributed by atoms with Gasteiger partial charge in [0, 0.05) is 18.2 Å². The second-order valence-corrected chi connectivity index (χ2v) is 9.22. The van der Waals surface area contributed by atoms with Gasteiger partial charge in [-0.3, -0.25) is 4.79 Å². The third-order valence-corrected chi connectivity index (χ3v) is 6.55. The molecule has 6 nitrogen and oxygen atoms in total. The molecule has 0 aliphatic carbocycles. The van der Waals surface area contributed by atoms with Crippen LogP contribution in [0.1, 0.15) is 56.9 Å². The Morgan fingerprint density at radius 1 is 1.21 bits per heavy atom. The monoisotopic (exact) mass is 472 g/mol. The Morgan fingerprint density at radius 3 is 2.67 bits per heavy atom. The highest BCUT2D eigenvalue weighted by Crippen LogP contribution is 2.36. The molecule has 0 bridgehead atoms. The zero-order valence-electron chi connectivity index (χ0n) is 18.0.